The van der Waals surface area contributed by atoms with Crippen LogP contribution in [-0.2, 0) is 0 Å². The molecule has 5 rings (SSSR count). The van der Waals surface area contributed by atoms with Crippen LogP contribution in [0.1, 0.15) is 16.7 Å². The molecule has 5 aromatic rings. The first-order chi connectivity index (χ1) is 16.5. The van der Waals surface area contributed by atoms with E-state index in [0.29, 0.717) is 0 Å². The second-order valence-electron chi connectivity index (χ2n) is 9.03. The first kappa shape index (κ1) is 21.8. The molecule has 0 saturated heterocycles. The van der Waals surface area contributed by atoms with Gasteiger partial charge in [0.2, 0.25) is 0 Å². The van der Waals surface area contributed by atoms with Gasteiger partial charge in [-0.25, -0.2) is 0 Å². The molecule has 5 aromatic carbocycles. The first-order valence-electron chi connectivity index (χ1n) is 11.8. The Morgan fingerprint density at radius 3 is 1.44 bits per heavy atom. The van der Waals surface area contributed by atoms with E-state index in [9.17, 15) is 0 Å². The van der Waals surface area contributed by atoms with Crippen LogP contribution in [0.5, 0.6) is 0 Å². The van der Waals surface area contributed by atoms with Crippen LogP contribution in [0.4, 0.5) is 28.4 Å². The molecule has 0 aliphatic rings. The average molecular weight is 443 g/mol. The van der Waals surface area contributed by atoms with E-state index in [1.54, 1.807) is 0 Å². The third-order valence-electron chi connectivity index (χ3n) is 6.56. The van der Waals surface area contributed by atoms with Crippen molar-refractivity contribution in [1.29, 1.82) is 0 Å². The Balaban J connectivity index is 1.53. The van der Waals surface area contributed by atoms with E-state index >= 15 is 0 Å². The molecule has 2 heteroatoms. The van der Waals surface area contributed by atoms with Crippen LogP contribution >= 0.6 is 0 Å². The van der Waals surface area contributed by atoms with Crippen LogP contribution in [0.15, 0.2) is 109 Å². The molecule has 0 aliphatic carbocycles. The van der Waals surface area contributed by atoms with Crippen LogP contribution < -0.4 is 9.80 Å². The Hall–Kier alpha value is -4.04. The van der Waals surface area contributed by atoms with E-state index in [4.69, 9.17) is 0 Å². The molecule has 2 nitrogen and oxygen atoms in total. The molecule has 0 atom stereocenters. The number of nitrogens with zero attached hydrogens (tertiary/aromatic N) is 2. The molecule has 0 saturated carbocycles. The monoisotopic (exact) mass is 442 g/mol. The van der Waals surface area contributed by atoms with E-state index in [1.165, 1.54) is 33.2 Å². The number of aryl methyl sites for hydroxylation is 3. The normalized spacial score (nSPS) is 10.9. The standard InChI is InChI=1S/C32H30N2/c1-23-11-15-27(16-12-23)34(28-17-13-24(2)14-18-28)29-21-19-26(20-22-29)33(4)32-10-6-8-30-25(3)7-5-9-31(30)32/h5-22H,1-4H3. The number of hydrogen-bond donors (Lipinski definition) is 0. The molecule has 0 aliphatic heterocycles. The first-order valence-corrected chi connectivity index (χ1v) is 11.8. The number of rotatable bonds is 5. The fourth-order valence-corrected chi connectivity index (χ4v) is 4.54. The van der Waals surface area contributed by atoms with Gasteiger partial charge in [0.15, 0.2) is 0 Å². The maximum absolute atomic E-state index is 2.31. The van der Waals surface area contributed by atoms with E-state index in [1.807, 2.05) is 0 Å². The van der Waals surface area contributed by atoms with Crippen LogP contribution in [0.3, 0.4) is 0 Å². The molecule has 0 fully saturated rings. The topological polar surface area (TPSA) is 6.48 Å². The Bertz CT molecular complexity index is 1370. The van der Waals surface area contributed by atoms with Crippen LogP contribution in [0.2, 0.25) is 0 Å². The van der Waals surface area contributed by atoms with Gasteiger partial charge in [0, 0.05) is 40.9 Å². The highest BCUT2D eigenvalue weighted by molar-refractivity contribution is 5.97. The summed E-state index contributed by atoms with van der Waals surface area (Å²) in [4.78, 5) is 4.58. The highest BCUT2D eigenvalue weighted by atomic mass is 15.1. The fraction of sp³-hybridized carbons (Fsp3) is 0.125. The zero-order valence-corrected chi connectivity index (χ0v) is 20.3. The van der Waals surface area contributed by atoms with E-state index in [-0.39, 0.29) is 0 Å². The van der Waals surface area contributed by atoms with Gasteiger partial charge in [-0.2, -0.15) is 0 Å². The zero-order chi connectivity index (χ0) is 23.7. The summed E-state index contributed by atoms with van der Waals surface area (Å²) in [7, 11) is 2.14. The predicted octanol–water partition coefficient (Wildman–Crippen LogP) is 9.00. The van der Waals surface area contributed by atoms with Gasteiger partial charge in [-0.05, 0) is 86.3 Å². The summed E-state index contributed by atoms with van der Waals surface area (Å²) >= 11 is 0. The van der Waals surface area contributed by atoms with Crippen molar-refractivity contribution in [2.24, 2.45) is 0 Å². The van der Waals surface area contributed by atoms with E-state index in [0.717, 1.165) is 22.7 Å². The zero-order valence-electron chi connectivity index (χ0n) is 20.3. The number of fused-ring (bicyclic) bond motifs is 1. The van der Waals surface area contributed by atoms with Crippen molar-refractivity contribution in [2.45, 2.75) is 20.8 Å². The molecule has 34 heavy (non-hydrogen) atoms. The Labute approximate surface area is 202 Å². The number of anilines is 5. The van der Waals surface area contributed by atoms with Crippen LogP contribution in [0, 0.1) is 20.8 Å². The lowest BCUT2D eigenvalue weighted by Crippen LogP contribution is -2.12. The van der Waals surface area contributed by atoms with Gasteiger partial charge < -0.3 is 9.80 Å². The minimum absolute atomic E-state index is 1.14. The largest absolute Gasteiger partial charge is 0.344 e. The number of benzene rings is 5. The summed E-state index contributed by atoms with van der Waals surface area (Å²) in [6.45, 7) is 6.42. The molecule has 0 aromatic heterocycles. The molecule has 0 radical (unpaired) electrons. The molecule has 0 N–H and O–H groups in total. The van der Waals surface area contributed by atoms with E-state index in [2.05, 4.69) is 147 Å². The molecule has 0 amide bonds. The predicted molar refractivity (Wildman–Crippen MR) is 147 cm³/mol. The quantitative estimate of drug-likeness (QED) is 0.268. The highest BCUT2D eigenvalue weighted by Gasteiger charge is 2.14. The Morgan fingerprint density at radius 2 is 0.882 bits per heavy atom. The molecular weight excluding hydrogens is 412 g/mol. The fourth-order valence-electron chi connectivity index (χ4n) is 4.54. The molecule has 0 heterocycles. The van der Waals surface area contributed by atoms with Crippen molar-refractivity contribution in [1.82, 2.24) is 0 Å². The lowest BCUT2D eigenvalue weighted by atomic mass is 10.0. The Morgan fingerprint density at radius 1 is 0.441 bits per heavy atom. The number of hydrogen-bond acceptors (Lipinski definition) is 2. The maximum Gasteiger partial charge on any atom is 0.0487 e. The Kier molecular flexibility index (Phi) is 5.81. The molecule has 0 spiro atoms. The molecular formula is C32H30N2. The summed E-state index contributed by atoms with van der Waals surface area (Å²) in [5.74, 6) is 0. The van der Waals surface area contributed by atoms with Gasteiger partial charge >= 0.3 is 0 Å². The highest BCUT2D eigenvalue weighted by Crippen LogP contribution is 2.37. The minimum atomic E-state index is 1.14. The summed E-state index contributed by atoms with van der Waals surface area (Å²) in [5, 5.41) is 2.57. The van der Waals surface area contributed by atoms with Crippen molar-refractivity contribution in [2.75, 3.05) is 16.8 Å². The van der Waals surface area contributed by atoms with Crippen molar-refractivity contribution in [3.63, 3.8) is 0 Å². The van der Waals surface area contributed by atoms with Gasteiger partial charge in [-0.1, -0.05) is 65.7 Å². The van der Waals surface area contributed by atoms with Crippen molar-refractivity contribution in [3.8, 4) is 0 Å². The molecule has 168 valence electrons. The van der Waals surface area contributed by atoms with Gasteiger partial charge in [0.25, 0.3) is 0 Å². The van der Waals surface area contributed by atoms with Crippen LogP contribution in [0.25, 0.3) is 10.8 Å². The molecule has 0 unspecified atom stereocenters. The second kappa shape index (κ2) is 9.07. The summed E-state index contributed by atoms with van der Waals surface area (Å²) in [6.07, 6.45) is 0. The maximum atomic E-state index is 2.31. The molecule has 0 bridgehead atoms. The van der Waals surface area contributed by atoms with Crippen LogP contribution in [-0.4, -0.2) is 7.05 Å². The summed E-state index contributed by atoms with van der Waals surface area (Å²) in [6, 6.07) is 39.3. The lowest BCUT2D eigenvalue weighted by molar-refractivity contribution is 1.21. The third-order valence-corrected chi connectivity index (χ3v) is 6.56. The third kappa shape index (κ3) is 4.15. The van der Waals surface area contributed by atoms with Gasteiger partial charge in [-0.15, -0.1) is 0 Å². The van der Waals surface area contributed by atoms with Crippen molar-refractivity contribution < 1.29 is 0 Å². The smallest absolute Gasteiger partial charge is 0.0487 e. The van der Waals surface area contributed by atoms with Crippen molar-refractivity contribution in [3.05, 3.63) is 126 Å². The minimum Gasteiger partial charge on any atom is -0.344 e. The van der Waals surface area contributed by atoms with Gasteiger partial charge in [0.1, 0.15) is 0 Å². The SMILES string of the molecule is Cc1ccc(N(c2ccc(C)cc2)c2ccc(N(C)c3cccc4c(C)cccc34)cc2)cc1. The van der Waals surface area contributed by atoms with Gasteiger partial charge in [0.05, 0.1) is 0 Å². The lowest BCUT2D eigenvalue weighted by Gasteiger charge is -2.27. The summed E-state index contributed by atoms with van der Waals surface area (Å²) in [5.41, 5.74) is 9.63. The van der Waals surface area contributed by atoms with Crippen molar-refractivity contribution >= 4 is 39.2 Å². The van der Waals surface area contributed by atoms with E-state index < -0.39 is 0 Å². The second-order valence-corrected chi connectivity index (χ2v) is 9.03. The summed E-state index contributed by atoms with van der Waals surface area (Å²) < 4.78 is 0. The van der Waals surface area contributed by atoms with Gasteiger partial charge in [-0.3, -0.25) is 0 Å². The average Bonchev–Trinajstić information content (AvgIpc) is 2.86.